The fourth-order valence-corrected chi connectivity index (χ4v) is 1.75. The summed E-state index contributed by atoms with van der Waals surface area (Å²) in [6.07, 6.45) is 0. The van der Waals surface area contributed by atoms with Crippen molar-refractivity contribution in [2.45, 2.75) is 26.0 Å². The van der Waals surface area contributed by atoms with Gasteiger partial charge in [0, 0.05) is 18.2 Å². The van der Waals surface area contributed by atoms with Crippen LogP contribution in [-0.4, -0.2) is 21.3 Å². The second-order valence-corrected chi connectivity index (χ2v) is 4.53. The van der Waals surface area contributed by atoms with Crippen molar-refractivity contribution >= 4 is 0 Å². The smallest absolute Gasteiger partial charge is 0.165 e. The number of nitrogens with two attached hydrogens (primary N) is 1. The SMILES string of the molecule is COCc1cc(OC)c(OC)c(C(C)(C)N)c1. The first kappa shape index (κ1) is 13.8. The third kappa shape index (κ3) is 3.11. The Morgan fingerprint density at radius 1 is 1.12 bits per heavy atom. The first-order valence-electron chi connectivity index (χ1n) is 5.47. The summed E-state index contributed by atoms with van der Waals surface area (Å²) in [4.78, 5) is 0. The van der Waals surface area contributed by atoms with Crippen molar-refractivity contribution in [1.29, 1.82) is 0 Å². The van der Waals surface area contributed by atoms with Crippen LogP contribution in [0.25, 0.3) is 0 Å². The summed E-state index contributed by atoms with van der Waals surface area (Å²) >= 11 is 0. The average Bonchev–Trinajstić information content (AvgIpc) is 2.27. The van der Waals surface area contributed by atoms with Crippen molar-refractivity contribution in [3.8, 4) is 11.5 Å². The summed E-state index contributed by atoms with van der Waals surface area (Å²) in [7, 11) is 4.88. The number of hydrogen-bond acceptors (Lipinski definition) is 4. The highest BCUT2D eigenvalue weighted by atomic mass is 16.5. The predicted molar refractivity (Wildman–Crippen MR) is 67.5 cm³/mol. The molecule has 0 amide bonds. The molecule has 0 saturated heterocycles. The maximum absolute atomic E-state index is 6.15. The second kappa shape index (κ2) is 5.38. The lowest BCUT2D eigenvalue weighted by Crippen LogP contribution is -2.29. The van der Waals surface area contributed by atoms with Gasteiger partial charge in [0.1, 0.15) is 0 Å². The number of hydrogen-bond donors (Lipinski definition) is 1. The first-order valence-corrected chi connectivity index (χ1v) is 5.47. The van der Waals surface area contributed by atoms with Crippen LogP contribution < -0.4 is 15.2 Å². The average molecular weight is 239 g/mol. The molecule has 17 heavy (non-hydrogen) atoms. The van der Waals surface area contributed by atoms with Gasteiger partial charge < -0.3 is 19.9 Å². The van der Waals surface area contributed by atoms with E-state index in [1.54, 1.807) is 21.3 Å². The molecule has 0 atom stereocenters. The van der Waals surface area contributed by atoms with Crippen LogP contribution in [0.2, 0.25) is 0 Å². The van der Waals surface area contributed by atoms with Crippen LogP contribution in [0.1, 0.15) is 25.0 Å². The minimum absolute atomic E-state index is 0.498. The van der Waals surface area contributed by atoms with E-state index in [-0.39, 0.29) is 0 Å². The van der Waals surface area contributed by atoms with Gasteiger partial charge in [0.05, 0.1) is 20.8 Å². The van der Waals surface area contributed by atoms with Crippen LogP contribution in [0.5, 0.6) is 11.5 Å². The minimum atomic E-state index is -0.498. The summed E-state index contributed by atoms with van der Waals surface area (Å²) in [5.41, 5.74) is 7.57. The van der Waals surface area contributed by atoms with E-state index < -0.39 is 5.54 Å². The van der Waals surface area contributed by atoms with E-state index in [4.69, 9.17) is 19.9 Å². The fraction of sp³-hybridized carbons (Fsp3) is 0.538. The molecule has 0 aromatic heterocycles. The standard InChI is InChI=1S/C13H21NO3/c1-13(2,14)10-6-9(8-15-3)7-11(16-4)12(10)17-5/h6-7H,8,14H2,1-5H3. The third-order valence-electron chi connectivity index (χ3n) is 2.54. The van der Waals surface area contributed by atoms with Crippen LogP contribution in [0.3, 0.4) is 0 Å². The van der Waals surface area contributed by atoms with Crippen molar-refractivity contribution in [2.24, 2.45) is 5.73 Å². The van der Waals surface area contributed by atoms with Crippen LogP contribution in [0.4, 0.5) is 0 Å². The molecule has 4 nitrogen and oxygen atoms in total. The van der Waals surface area contributed by atoms with E-state index >= 15 is 0 Å². The highest BCUT2D eigenvalue weighted by Gasteiger charge is 2.23. The van der Waals surface area contributed by atoms with Crippen molar-refractivity contribution in [1.82, 2.24) is 0 Å². The van der Waals surface area contributed by atoms with Crippen molar-refractivity contribution in [3.63, 3.8) is 0 Å². The van der Waals surface area contributed by atoms with E-state index in [0.717, 1.165) is 11.1 Å². The Hall–Kier alpha value is -1.26. The van der Waals surface area contributed by atoms with Gasteiger partial charge in [0.15, 0.2) is 11.5 Å². The molecular weight excluding hydrogens is 218 g/mol. The molecule has 0 aliphatic carbocycles. The number of rotatable bonds is 5. The Labute approximate surface area is 103 Å². The molecule has 0 radical (unpaired) electrons. The van der Waals surface area contributed by atoms with Crippen LogP contribution in [0.15, 0.2) is 12.1 Å². The maximum Gasteiger partial charge on any atom is 0.165 e. The van der Waals surface area contributed by atoms with E-state index in [1.807, 2.05) is 26.0 Å². The molecule has 0 heterocycles. The van der Waals surface area contributed by atoms with Gasteiger partial charge in [-0.15, -0.1) is 0 Å². The van der Waals surface area contributed by atoms with Gasteiger partial charge in [0.25, 0.3) is 0 Å². The van der Waals surface area contributed by atoms with Crippen molar-refractivity contribution in [2.75, 3.05) is 21.3 Å². The molecule has 1 aromatic rings. The Morgan fingerprint density at radius 3 is 2.18 bits per heavy atom. The molecule has 4 heteroatoms. The molecule has 0 spiro atoms. The van der Waals surface area contributed by atoms with E-state index in [1.165, 1.54) is 0 Å². The zero-order valence-electron chi connectivity index (χ0n) is 11.2. The summed E-state index contributed by atoms with van der Waals surface area (Å²) < 4.78 is 15.8. The lowest BCUT2D eigenvalue weighted by molar-refractivity contribution is 0.184. The monoisotopic (exact) mass is 239 g/mol. The lowest BCUT2D eigenvalue weighted by atomic mass is 9.92. The summed E-state index contributed by atoms with van der Waals surface area (Å²) in [5, 5.41) is 0. The quantitative estimate of drug-likeness (QED) is 0.854. The van der Waals surface area contributed by atoms with Crippen LogP contribution in [0, 0.1) is 0 Å². The lowest BCUT2D eigenvalue weighted by Gasteiger charge is -2.24. The molecule has 0 aliphatic rings. The van der Waals surface area contributed by atoms with Crippen molar-refractivity contribution < 1.29 is 14.2 Å². The molecule has 0 aliphatic heterocycles. The summed E-state index contributed by atoms with van der Waals surface area (Å²) in [5.74, 6) is 1.36. The van der Waals surface area contributed by atoms with Gasteiger partial charge in [0.2, 0.25) is 0 Å². The molecule has 0 unspecified atom stereocenters. The summed E-state index contributed by atoms with van der Waals surface area (Å²) in [6, 6.07) is 3.89. The Morgan fingerprint density at radius 2 is 1.76 bits per heavy atom. The van der Waals surface area contributed by atoms with Gasteiger partial charge in [-0.05, 0) is 31.5 Å². The van der Waals surface area contributed by atoms with Crippen LogP contribution >= 0.6 is 0 Å². The predicted octanol–water partition coefficient (Wildman–Crippen LogP) is 2.04. The molecule has 1 rings (SSSR count). The van der Waals surface area contributed by atoms with Crippen LogP contribution in [-0.2, 0) is 16.9 Å². The highest BCUT2D eigenvalue weighted by molar-refractivity contribution is 5.52. The molecule has 96 valence electrons. The molecule has 1 aromatic carbocycles. The van der Waals surface area contributed by atoms with E-state index in [9.17, 15) is 0 Å². The third-order valence-corrected chi connectivity index (χ3v) is 2.54. The Bertz CT molecular complexity index is 383. The number of methoxy groups -OCH3 is 3. The molecule has 0 saturated carbocycles. The highest BCUT2D eigenvalue weighted by Crippen LogP contribution is 2.37. The van der Waals surface area contributed by atoms with E-state index in [0.29, 0.717) is 18.1 Å². The zero-order chi connectivity index (χ0) is 13.1. The Kier molecular flexibility index (Phi) is 4.37. The maximum atomic E-state index is 6.15. The second-order valence-electron chi connectivity index (χ2n) is 4.53. The molecule has 0 fully saturated rings. The molecular formula is C13H21NO3. The Balaban J connectivity index is 3.37. The van der Waals surface area contributed by atoms with Gasteiger partial charge in [-0.1, -0.05) is 0 Å². The van der Waals surface area contributed by atoms with Crippen molar-refractivity contribution in [3.05, 3.63) is 23.3 Å². The van der Waals surface area contributed by atoms with Gasteiger partial charge in [-0.25, -0.2) is 0 Å². The van der Waals surface area contributed by atoms with Gasteiger partial charge in [-0.3, -0.25) is 0 Å². The van der Waals surface area contributed by atoms with Gasteiger partial charge >= 0.3 is 0 Å². The molecule has 2 N–H and O–H groups in total. The number of ether oxygens (including phenoxy) is 3. The first-order chi connectivity index (χ1) is 7.93. The zero-order valence-corrected chi connectivity index (χ0v) is 11.2. The largest absolute Gasteiger partial charge is 0.493 e. The fourth-order valence-electron chi connectivity index (χ4n) is 1.75. The summed E-state index contributed by atoms with van der Waals surface area (Å²) in [6.45, 7) is 4.38. The minimum Gasteiger partial charge on any atom is -0.493 e. The van der Waals surface area contributed by atoms with Gasteiger partial charge in [-0.2, -0.15) is 0 Å². The molecule has 0 bridgehead atoms. The number of benzene rings is 1. The van der Waals surface area contributed by atoms with E-state index in [2.05, 4.69) is 0 Å². The normalized spacial score (nSPS) is 11.4. The topological polar surface area (TPSA) is 53.7 Å².